The molecule has 0 fully saturated rings. The normalized spacial score (nSPS) is 10.6. The fourth-order valence-electron chi connectivity index (χ4n) is 2.61. The number of anilines is 1. The molecule has 3 aromatic carbocycles. The molecule has 0 heterocycles. The molecule has 0 aliphatic rings. The number of methoxy groups -OCH3 is 1. The van der Waals surface area contributed by atoms with Gasteiger partial charge in [0.1, 0.15) is 17.3 Å². The molecule has 9 heteroatoms. The van der Waals surface area contributed by atoms with Gasteiger partial charge in [0.2, 0.25) is 0 Å². The van der Waals surface area contributed by atoms with Gasteiger partial charge in [-0.1, -0.05) is 17.7 Å². The molecule has 32 heavy (non-hydrogen) atoms. The molecule has 2 N–H and O–H groups in total. The monoisotopic (exact) mass is 455 g/mol. The van der Waals surface area contributed by atoms with Crippen molar-refractivity contribution in [3.05, 3.63) is 88.7 Å². The van der Waals surface area contributed by atoms with Gasteiger partial charge in [-0.25, -0.2) is 9.82 Å². The molecule has 0 saturated heterocycles. The minimum absolute atomic E-state index is 0.296. The number of benzene rings is 3. The number of nitrogens with one attached hydrogen (secondary N) is 2. The van der Waals surface area contributed by atoms with Crippen molar-refractivity contribution in [1.29, 1.82) is 0 Å². The van der Waals surface area contributed by atoms with Crippen LogP contribution in [0.15, 0.2) is 71.8 Å². The van der Waals surface area contributed by atoms with Gasteiger partial charge in [0.25, 0.3) is 11.8 Å². The Labute approximate surface area is 188 Å². The van der Waals surface area contributed by atoms with Crippen LogP contribution in [-0.2, 0) is 4.79 Å². The van der Waals surface area contributed by atoms with Crippen molar-refractivity contribution < 1.29 is 23.5 Å². The third-order valence-electron chi connectivity index (χ3n) is 4.16. The topological polar surface area (TPSA) is 89.0 Å². The second-order valence-corrected chi connectivity index (χ2v) is 6.89. The molecule has 7 nitrogen and oxygen atoms in total. The first-order valence-electron chi connectivity index (χ1n) is 9.40. The number of hydrogen-bond acceptors (Lipinski definition) is 5. The molecule has 0 spiro atoms. The molecule has 0 atom stereocenters. The molecule has 2 amide bonds. The van der Waals surface area contributed by atoms with E-state index in [-0.39, 0.29) is 6.61 Å². The molecule has 3 aromatic rings. The molecule has 0 radical (unpaired) electrons. The second kappa shape index (κ2) is 10.9. The van der Waals surface area contributed by atoms with Gasteiger partial charge in [-0.15, -0.1) is 0 Å². The summed E-state index contributed by atoms with van der Waals surface area (Å²) in [5.41, 5.74) is 3.69. The van der Waals surface area contributed by atoms with Gasteiger partial charge in [-0.05, 0) is 60.7 Å². The van der Waals surface area contributed by atoms with Crippen LogP contribution in [0.3, 0.4) is 0 Å². The van der Waals surface area contributed by atoms with Crippen molar-refractivity contribution in [3.8, 4) is 11.5 Å². The zero-order valence-electron chi connectivity index (χ0n) is 17.0. The SMILES string of the molecule is COc1cccc(C(=O)NN=Cc2cc(Cl)ccc2OCC(=O)Nc2ccc(F)cc2)c1. The van der Waals surface area contributed by atoms with Crippen LogP contribution in [0.5, 0.6) is 11.5 Å². The summed E-state index contributed by atoms with van der Waals surface area (Å²) in [4.78, 5) is 24.4. The molecule has 0 unspecified atom stereocenters. The average Bonchev–Trinajstić information content (AvgIpc) is 2.80. The molecular formula is C23H19ClFN3O4. The number of rotatable bonds is 8. The van der Waals surface area contributed by atoms with Crippen molar-refractivity contribution in [2.75, 3.05) is 19.0 Å². The number of nitrogens with zero attached hydrogens (tertiary/aromatic N) is 1. The van der Waals surface area contributed by atoms with Crippen molar-refractivity contribution in [2.45, 2.75) is 0 Å². The molecule has 0 aromatic heterocycles. The van der Waals surface area contributed by atoms with Crippen LogP contribution in [0.2, 0.25) is 5.02 Å². The Morgan fingerprint density at radius 1 is 1.09 bits per heavy atom. The number of carbonyl (C=O) groups is 2. The highest BCUT2D eigenvalue weighted by atomic mass is 35.5. The quantitative estimate of drug-likeness (QED) is 0.392. The van der Waals surface area contributed by atoms with E-state index in [4.69, 9.17) is 21.1 Å². The largest absolute Gasteiger partial charge is 0.497 e. The van der Waals surface area contributed by atoms with Crippen LogP contribution < -0.4 is 20.2 Å². The van der Waals surface area contributed by atoms with Crippen molar-refractivity contribution in [1.82, 2.24) is 5.43 Å². The van der Waals surface area contributed by atoms with Gasteiger partial charge >= 0.3 is 0 Å². The lowest BCUT2D eigenvalue weighted by Crippen LogP contribution is -2.20. The first kappa shape index (κ1) is 22.8. The highest BCUT2D eigenvalue weighted by Gasteiger charge is 2.09. The van der Waals surface area contributed by atoms with Gasteiger partial charge in [-0.2, -0.15) is 5.10 Å². The Bertz CT molecular complexity index is 1140. The maximum Gasteiger partial charge on any atom is 0.271 e. The molecule has 0 saturated carbocycles. The minimum Gasteiger partial charge on any atom is -0.497 e. The van der Waals surface area contributed by atoms with Crippen LogP contribution in [0, 0.1) is 5.82 Å². The fraction of sp³-hybridized carbons (Fsp3) is 0.0870. The van der Waals surface area contributed by atoms with Crippen LogP contribution >= 0.6 is 11.6 Å². The standard InChI is InChI=1S/C23H19ClFN3O4/c1-31-20-4-2-3-15(12-20)23(30)28-26-13-16-11-17(24)5-10-21(16)32-14-22(29)27-19-8-6-18(25)7-9-19/h2-13H,14H2,1H3,(H,27,29)(H,28,30). The Morgan fingerprint density at radius 2 is 1.88 bits per heavy atom. The number of halogens is 2. The van der Waals surface area contributed by atoms with E-state index in [2.05, 4.69) is 15.8 Å². The molecule has 0 bridgehead atoms. The summed E-state index contributed by atoms with van der Waals surface area (Å²) >= 11 is 6.04. The lowest BCUT2D eigenvalue weighted by Gasteiger charge is -2.10. The lowest BCUT2D eigenvalue weighted by molar-refractivity contribution is -0.118. The number of ether oxygens (including phenoxy) is 2. The zero-order chi connectivity index (χ0) is 22.9. The lowest BCUT2D eigenvalue weighted by atomic mass is 10.2. The van der Waals surface area contributed by atoms with Gasteiger partial charge in [0.15, 0.2) is 6.61 Å². The Morgan fingerprint density at radius 3 is 2.62 bits per heavy atom. The van der Waals surface area contributed by atoms with E-state index in [1.807, 2.05) is 0 Å². The Hall–Kier alpha value is -3.91. The number of hydrogen-bond donors (Lipinski definition) is 2. The van der Waals surface area contributed by atoms with E-state index in [0.717, 1.165) is 0 Å². The Kier molecular flexibility index (Phi) is 7.77. The summed E-state index contributed by atoms with van der Waals surface area (Å²) in [6.07, 6.45) is 1.36. The summed E-state index contributed by atoms with van der Waals surface area (Å²) in [7, 11) is 1.51. The number of amides is 2. The highest BCUT2D eigenvalue weighted by Crippen LogP contribution is 2.21. The van der Waals surface area contributed by atoms with Crippen molar-refractivity contribution in [2.24, 2.45) is 5.10 Å². The average molecular weight is 456 g/mol. The van der Waals surface area contributed by atoms with Crippen LogP contribution in [0.4, 0.5) is 10.1 Å². The summed E-state index contributed by atoms with van der Waals surface area (Å²) < 4.78 is 23.6. The van der Waals surface area contributed by atoms with Crippen LogP contribution in [-0.4, -0.2) is 31.7 Å². The van der Waals surface area contributed by atoms with Crippen molar-refractivity contribution >= 4 is 35.3 Å². The van der Waals surface area contributed by atoms with E-state index in [1.165, 1.54) is 37.6 Å². The molecule has 164 valence electrons. The van der Waals surface area contributed by atoms with Crippen LogP contribution in [0.1, 0.15) is 15.9 Å². The minimum atomic E-state index is -0.430. The third-order valence-corrected chi connectivity index (χ3v) is 4.40. The van der Waals surface area contributed by atoms with E-state index in [0.29, 0.717) is 33.3 Å². The smallest absolute Gasteiger partial charge is 0.271 e. The number of hydrazone groups is 1. The van der Waals surface area contributed by atoms with Crippen molar-refractivity contribution in [3.63, 3.8) is 0 Å². The summed E-state index contributed by atoms with van der Waals surface area (Å²) in [5, 5.41) is 6.96. The molecule has 3 rings (SSSR count). The van der Waals surface area contributed by atoms with E-state index in [9.17, 15) is 14.0 Å². The summed E-state index contributed by atoms with van der Waals surface area (Å²) in [5.74, 6) is -0.374. The second-order valence-electron chi connectivity index (χ2n) is 6.46. The maximum atomic E-state index is 13.0. The van der Waals surface area contributed by atoms with E-state index in [1.54, 1.807) is 42.5 Å². The van der Waals surface area contributed by atoms with Crippen LogP contribution in [0.25, 0.3) is 0 Å². The molecule has 0 aliphatic heterocycles. The number of carbonyl (C=O) groups excluding carboxylic acids is 2. The molecular weight excluding hydrogens is 437 g/mol. The van der Waals surface area contributed by atoms with Gasteiger partial charge in [-0.3, -0.25) is 9.59 Å². The Balaban J connectivity index is 1.62. The van der Waals surface area contributed by atoms with E-state index < -0.39 is 17.6 Å². The van der Waals surface area contributed by atoms with Gasteiger partial charge in [0, 0.05) is 21.8 Å². The predicted octanol–water partition coefficient (Wildman–Crippen LogP) is 4.27. The van der Waals surface area contributed by atoms with Gasteiger partial charge < -0.3 is 14.8 Å². The van der Waals surface area contributed by atoms with Gasteiger partial charge in [0.05, 0.1) is 13.3 Å². The summed E-state index contributed by atoms with van der Waals surface area (Å²) in [6.45, 7) is -0.296. The first-order valence-corrected chi connectivity index (χ1v) is 9.77. The molecule has 0 aliphatic carbocycles. The first-order chi connectivity index (χ1) is 15.4. The maximum absolute atomic E-state index is 13.0. The summed E-state index contributed by atoms with van der Waals surface area (Å²) in [6, 6.07) is 16.7. The fourth-order valence-corrected chi connectivity index (χ4v) is 2.80. The predicted molar refractivity (Wildman–Crippen MR) is 120 cm³/mol. The zero-order valence-corrected chi connectivity index (χ0v) is 17.7. The third kappa shape index (κ3) is 6.55. The van der Waals surface area contributed by atoms with E-state index >= 15 is 0 Å². The highest BCUT2D eigenvalue weighted by molar-refractivity contribution is 6.30.